The highest BCUT2D eigenvalue weighted by atomic mass is 19.3. The van der Waals surface area contributed by atoms with Gasteiger partial charge >= 0.3 is 5.69 Å². The first-order chi connectivity index (χ1) is 11.9. The summed E-state index contributed by atoms with van der Waals surface area (Å²) in [6.45, 7) is 0.507. The van der Waals surface area contributed by atoms with Gasteiger partial charge in [0.25, 0.3) is 5.92 Å². The molecule has 25 heavy (non-hydrogen) atoms. The summed E-state index contributed by atoms with van der Waals surface area (Å²) in [7, 11) is 0. The smallest absolute Gasteiger partial charge is 0.343 e. The Kier molecular flexibility index (Phi) is 3.03. The number of nitrogens with one attached hydrogen (secondary N) is 1. The zero-order chi connectivity index (χ0) is 17.4. The fourth-order valence-electron chi connectivity index (χ4n) is 4.40. The highest BCUT2D eigenvalue weighted by Gasteiger charge is 2.87. The maximum Gasteiger partial charge on any atom is 0.343 e. The van der Waals surface area contributed by atoms with Crippen LogP contribution in [0, 0.1) is 11.3 Å². The first kappa shape index (κ1) is 15.5. The number of carbonyl (C=O) groups excluding carboxylic acids is 1. The number of alkyl halides is 2. The lowest BCUT2D eigenvalue weighted by molar-refractivity contribution is -0.144. The predicted octanol–water partition coefficient (Wildman–Crippen LogP) is 0.894. The number of rotatable bonds is 3. The molecule has 0 bridgehead atoms. The lowest BCUT2D eigenvalue weighted by atomic mass is 9.99. The number of aromatic nitrogens is 3. The van der Waals surface area contributed by atoms with Crippen LogP contribution in [0.15, 0.2) is 4.79 Å². The van der Waals surface area contributed by atoms with E-state index in [0.717, 1.165) is 18.7 Å². The van der Waals surface area contributed by atoms with Crippen molar-refractivity contribution in [3.8, 4) is 0 Å². The molecule has 1 aromatic heterocycles. The molecule has 2 saturated carbocycles. The quantitative estimate of drug-likeness (QED) is 0.874. The third-order valence-electron chi connectivity index (χ3n) is 6.26. The van der Waals surface area contributed by atoms with Gasteiger partial charge in [-0.2, -0.15) is 5.10 Å². The van der Waals surface area contributed by atoms with Crippen molar-refractivity contribution in [3.05, 3.63) is 16.3 Å². The van der Waals surface area contributed by atoms with E-state index in [9.17, 15) is 18.4 Å². The number of H-pyrrole nitrogens is 1. The van der Waals surface area contributed by atoms with Gasteiger partial charge < -0.3 is 9.64 Å². The van der Waals surface area contributed by atoms with Gasteiger partial charge in [-0.15, -0.1) is 0 Å². The highest BCUT2D eigenvalue weighted by Crippen LogP contribution is 2.69. The molecule has 9 heteroatoms. The van der Waals surface area contributed by atoms with Crippen molar-refractivity contribution in [1.82, 2.24) is 19.7 Å². The molecule has 5 rings (SSSR count). The third kappa shape index (κ3) is 2.01. The Bertz CT molecular complexity index is 779. The number of piperidine rings is 1. The standard InChI is InChI=1S/C16H20F2N4O3/c17-16(18)11-7-25-8-15(11,16)13(23)21-5-3-10(4-6-21)22-14(24)19-12(20-22)9-1-2-9/h9-11H,1-8H2,(H,19,20,24)/t11-,15+/m1/s1. The molecule has 1 aromatic rings. The summed E-state index contributed by atoms with van der Waals surface area (Å²) in [5.74, 6) is -3.30. The van der Waals surface area contributed by atoms with E-state index in [4.69, 9.17) is 4.74 Å². The van der Waals surface area contributed by atoms with Crippen LogP contribution >= 0.6 is 0 Å². The number of carbonyl (C=O) groups is 1. The number of ether oxygens (including phenoxy) is 1. The van der Waals surface area contributed by atoms with Crippen molar-refractivity contribution < 1.29 is 18.3 Å². The lowest BCUT2D eigenvalue weighted by Crippen LogP contribution is -2.46. The summed E-state index contributed by atoms with van der Waals surface area (Å²) in [6.07, 6.45) is 3.21. The van der Waals surface area contributed by atoms with Gasteiger partial charge in [0, 0.05) is 19.0 Å². The molecule has 0 unspecified atom stereocenters. The molecular weight excluding hydrogens is 334 g/mol. The molecule has 1 N–H and O–H groups in total. The van der Waals surface area contributed by atoms with Crippen molar-refractivity contribution in [3.63, 3.8) is 0 Å². The first-order valence-electron chi connectivity index (χ1n) is 8.89. The summed E-state index contributed by atoms with van der Waals surface area (Å²) in [4.78, 5) is 29.1. The maximum absolute atomic E-state index is 14.0. The summed E-state index contributed by atoms with van der Waals surface area (Å²) in [6, 6.07) is -0.0897. The zero-order valence-electron chi connectivity index (χ0n) is 13.7. The van der Waals surface area contributed by atoms with Crippen molar-refractivity contribution in [2.24, 2.45) is 11.3 Å². The molecule has 0 radical (unpaired) electrons. The minimum atomic E-state index is -2.95. The van der Waals surface area contributed by atoms with Gasteiger partial charge in [-0.25, -0.2) is 18.3 Å². The summed E-state index contributed by atoms with van der Waals surface area (Å²) < 4.78 is 34.6. The molecule has 0 aromatic carbocycles. The Balaban J connectivity index is 1.27. The fourth-order valence-corrected chi connectivity index (χ4v) is 4.40. The van der Waals surface area contributed by atoms with Crippen LogP contribution in [0.25, 0.3) is 0 Å². The van der Waals surface area contributed by atoms with Gasteiger partial charge in [0.1, 0.15) is 11.2 Å². The molecule has 3 heterocycles. The van der Waals surface area contributed by atoms with E-state index in [2.05, 4.69) is 10.1 Å². The number of likely N-dealkylation sites (tertiary alicyclic amines) is 1. The number of hydrogen-bond acceptors (Lipinski definition) is 4. The molecule has 0 spiro atoms. The van der Waals surface area contributed by atoms with Crippen LogP contribution in [-0.4, -0.2) is 57.8 Å². The predicted molar refractivity (Wildman–Crippen MR) is 81.4 cm³/mol. The van der Waals surface area contributed by atoms with E-state index in [1.807, 2.05) is 0 Å². The second-order valence-electron chi connectivity index (χ2n) is 7.72. The van der Waals surface area contributed by atoms with Gasteiger partial charge in [0.15, 0.2) is 0 Å². The molecule has 4 fully saturated rings. The van der Waals surface area contributed by atoms with E-state index < -0.39 is 23.2 Å². The van der Waals surface area contributed by atoms with Crippen LogP contribution in [0.4, 0.5) is 8.78 Å². The molecule has 2 aliphatic heterocycles. The van der Waals surface area contributed by atoms with Crippen molar-refractivity contribution in [1.29, 1.82) is 0 Å². The third-order valence-corrected chi connectivity index (χ3v) is 6.26. The van der Waals surface area contributed by atoms with Crippen molar-refractivity contribution in [2.45, 2.75) is 43.6 Å². The van der Waals surface area contributed by atoms with E-state index in [-0.39, 0.29) is 24.9 Å². The zero-order valence-corrected chi connectivity index (χ0v) is 13.7. The summed E-state index contributed by atoms with van der Waals surface area (Å²) >= 11 is 0. The Labute approximate surface area is 142 Å². The van der Waals surface area contributed by atoms with E-state index in [1.165, 1.54) is 9.58 Å². The second-order valence-corrected chi connectivity index (χ2v) is 7.72. The molecule has 2 atom stereocenters. The number of hydrogen-bond donors (Lipinski definition) is 1. The van der Waals surface area contributed by atoms with Gasteiger partial charge in [0.05, 0.1) is 25.2 Å². The minimum absolute atomic E-state index is 0.0399. The highest BCUT2D eigenvalue weighted by molar-refractivity contribution is 5.89. The molecule has 2 saturated heterocycles. The molecule has 2 aliphatic carbocycles. The fraction of sp³-hybridized carbons (Fsp3) is 0.812. The van der Waals surface area contributed by atoms with E-state index in [0.29, 0.717) is 31.8 Å². The van der Waals surface area contributed by atoms with E-state index in [1.54, 1.807) is 0 Å². The van der Waals surface area contributed by atoms with Crippen LogP contribution in [0.3, 0.4) is 0 Å². The monoisotopic (exact) mass is 354 g/mol. The van der Waals surface area contributed by atoms with Crippen LogP contribution in [0.5, 0.6) is 0 Å². The first-order valence-corrected chi connectivity index (χ1v) is 8.89. The van der Waals surface area contributed by atoms with Gasteiger partial charge in [-0.1, -0.05) is 0 Å². The Morgan fingerprint density at radius 3 is 2.56 bits per heavy atom. The molecule has 4 aliphatic rings. The Morgan fingerprint density at radius 2 is 1.96 bits per heavy atom. The largest absolute Gasteiger partial charge is 0.380 e. The van der Waals surface area contributed by atoms with Crippen LogP contribution < -0.4 is 5.69 Å². The number of halogens is 2. The normalized spacial score (nSPS) is 34.2. The Hall–Kier alpha value is -1.77. The van der Waals surface area contributed by atoms with Gasteiger partial charge in [0.2, 0.25) is 5.91 Å². The van der Waals surface area contributed by atoms with E-state index >= 15 is 0 Å². The minimum Gasteiger partial charge on any atom is -0.380 e. The van der Waals surface area contributed by atoms with Crippen LogP contribution in [0.2, 0.25) is 0 Å². The number of amides is 1. The molecule has 7 nitrogen and oxygen atoms in total. The summed E-state index contributed by atoms with van der Waals surface area (Å²) in [5.41, 5.74) is -1.86. The second kappa shape index (κ2) is 4.90. The maximum atomic E-state index is 14.0. The van der Waals surface area contributed by atoms with Crippen molar-refractivity contribution >= 4 is 5.91 Å². The Morgan fingerprint density at radius 1 is 1.24 bits per heavy atom. The average molecular weight is 354 g/mol. The lowest BCUT2D eigenvalue weighted by Gasteiger charge is -2.33. The average Bonchev–Trinajstić information content (AvgIpc) is 3.37. The molecular formula is C16H20F2N4O3. The molecule has 1 amide bonds. The topological polar surface area (TPSA) is 80.2 Å². The van der Waals surface area contributed by atoms with Crippen molar-refractivity contribution in [2.75, 3.05) is 26.3 Å². The van der Waals surface area contributed by atoms with Crippen LogP contribution in [-0.2, 0) is 9.53 Å². The van der Waals surface area contributed by atoms with Crippen LogP contribution in [0.1, 0.15) is 43.5 Å². The van der Waals surface area contributed by atoms with Gasteiger partial charge in [-0.3, -0.25) is 9.78 Å². The number of nitrogens with zero attached hydrogens (tertiary/aromatic N) is 3. The molecule has 136 valence electrons. The number of fused-ring (bicyclic) bond motifs is 1. The number of aromatic amines is 1. The summed E-state index contributed by atoms with van der Waals surface area (Å²) in [5, 5.41) is 4.39. The van der Waals surface area contributed by atoms with Gasteiger partial charge in [-0.05, 0) is 25.7 Å². The SMILES string of the molecule is O=C(N1CCC(n2nc(C3CC3)[nH]c2=O)CC1)[C@]12COC[C@H]1C2(F)F.